The van der Waals surface area contributed by atoms with Gasteiger partial charge in [0.15, 0.2) is 6.61 Å². The van der Waals surface area contributed by atoms with Gasteiger partial charge >= 0.3 is 12.6 Å². The largest absolute Gasteiger partial charge is 0.452 e. The molecule has 4 rings (SSSR count). The molecule has 0 aliphatic heterocycles. The molecular weight excluding hydrogens is 430 g/mol. The summed E-state index contributed by atoms with van der Waals surface area (Å²) in [4.78, 5) is 29.7. The minimum absolute atomic E-state index is 0.0341. The second kappa shape index (κ2) is 9.86. The Morgan fingerprint density at radius 1 is 0.909 bits per heavy atom. The van der Waals surface area contributed by atoms with Gasteiger partial charge in [0.05, 0.1) is 16.8 Å². The molecule has 0 bridgehead atoms. The highest BCUT2D eigenvalue weighted by Gasteiger charge is 2.16. The van der Waals surface area contributed by atoms with Gasteiger partial charge in [-0.1, -0.05) is 48.5 Å². The summed E-state index contributed by atoms with van der Waals surface area (Å²) >= 11 is 0. The maximum Gasteiger partial charge on any atom is 0.387 e. The number of hydrogen-bond donors (Lipinski definition) is 1. The third-order valence-electron chi connectivity index (χ3n) is 4.70. The number of aromatic nitrogens is 1. The van der Waals surface area contributed by atoms with E-state index in [9.17, 15) is 18.4 Å². The van der Waals surface area contributed by atoms with Crippen LogP contribution in [0.4, 0.5) is 14.5 Å². The molecule has 8 heteroatoms. The van der Waals surface area contributed by atoms with Crippen LogP contribution in [0, 0.1) is 0 Å². The molecule has 0 spiro atoms. The Morgan fingerprint density at radius 3 is 2.33 bits per heavy atom. The summed E-state index contributed by atoms with van der Waals surface area (Å²) in [5, 5.41) is 3.14. The SMILES string of the molecule is O=C(COC(=O)c1cc(-c2ccccc2)nc2ccccc12)Nc1ccc(OC(F)F)cc1. The Bertz CT molecular complexity index is 1280. The van der Waals surface area contributed by atoms with Crippen molar-refractivity contribution >= 4 is 28.5 Å². The highest BCUT2D eigenvalue weighted by Crippen LogP contribution is 2.25. The van der Waals surface area contributed by atoms with E-state index in [1.165, 1.54) is 24.3 Å². The lowest BCUT2D eigenvalue weighted by Gasteiger charge is -2.11. The molecule has 1 N–H and O–H groups in total. The highest BCUT2D eigenvalue weighted by atomic mass is 19.3. The van der Waals surface area contributed by atoms with Crippen molar-refractivity contribution < 1.29 is 27.8 Å². The minimum Gasteiger partial charge on any atom is -0.452 e. The number of benzene rings is 3. The predicted molar refractivity (Wildman–Crippen MR) is 119 cm³/mol. The molecule has 0 aliphatic carbocycles. The molecule has 6 nitrogen and oxygen atoms in total. The zero-order valence-electron chi connectivity index (χ0n) is 17.2. The minimum atomic E-state index is -2.93. The Morgan fingerprint density at radius 2 is 1.61 bits per heavy atom. The number of ether oxygens (including phenoxy) is 2. The number of nitrogens with one attached hydrogen (secondary N) is 1. The maximum absolute atomic E-state index is 12.8. The van der Waals surface area contributed by atoms with Crippen molar-refractivity contribution in [2.45, 2.75) is 6.61 Å². The Balaban J connectivity index is 1.47. The molecule has 0 atom stereocenters. The zero-order valence-corrected chi connectivity index (χ0v) is 17.2. The van der Waals surface area contributed by atoms with Crippen LogP contribution in [0.25, 0.3) is 22.2 Å². The van der Waals surface area contributed by atoms with Crippen LogP contribution in [0.1, 0.15) is 10.4 Å². The molecule has 0 unspecified atom stereocenters. The van der Waals surface area contributed by atoms with E-state index in [1.54, 1.807) is 24.3 Å². The molecule has 1 amide bonds. The van der Waals surface area contributed by atoms with Crippen LogP contribution in [0.2, 0.25) is 0 Å². The smallest absolute Gasteiger partial charge is 0.387 e. The number of halogens is 2. The van der Waals surface area contributed by atoms with Gasteiger partial charge in [-0.2, -0.15) is 8.78 Å². The van der Waals surface area contributed by atoms with E-state index in [2.05, 4.69) is 15.0 Å². The molecule has 1 aromatic heterocycles. The fourth-order valence-corrected chi connectivity index (χ4v) is 3.23. The Hall–Kier alpha value is -4.33. The van der Waals surface area contributed by atoms with Crippen molar-refractivity contribution in [3.05, 3.63) is 90.5 Å². The van der Waals surface area contributed by atoms with Crippen LogP contribution in [0.15, 0.2) is 84.9 Å². The second-order valence-corrected chi connectivity index (χ2v) is 6.97. The van der Waals surface area contributed by atoms with Crippen molar-refractivity contribution in [3.63, 3.8) is 0 Å². The number of anilines is 1. The van der Waals surface area contributed by atoms with Crippen LogP contribution in [0.3, 0.4) is 0 Å². The topological polar surface area (TPSA) is 77.5 Å². The average molecular weight is 448 g/mol. The number of hydrogen-bond acceptors (Lipinski definition) is 5. The van der Waals surface area contributed by atoms with Gasteiger partial charge in [0, 0.05) is 16.6 Å². The van der Waals surface area contributed by atoms with Crippen molar-refractivity contribution in [1.82, 2.24) is 4.98 Å². The number of carbonyl (C=O) groups is 2. The van der Waals surface area contributed by atoms with Crippen molar-refractivity contribution in [3.8, 4) is 17.0 Å². The van der Waals surface area contributed by atoms with Gasteiger partial charge in [-0.15, -0.1) is 0 Å². The first kappa shape index (κ1) is 21.9. The van der Waals surface area contributed by atoms with Crippen LogP contribution in [0.5, 0.6) is 5.75 Å². The summed E-state index contributed by atoms with van der Waals surface area (Å²) < 4.78 is 33.9. The molecule has 0 saturated carbocycles. The monoisotopic (exact) mass is 448 g/mol. The first-order chi connectivity index (χ1) is 16.0. The van der Waals surface area contributed by atoms with E-state index in [4.69, 9.17) is 4.74 Å². The number of rotatable bonds is 7. The number of amides is 1. The molecule has 1 heterocycles. The van der Waals surface area contributed by atoms with Gasteiger partial charge in [0.25, 0.3) is 5.91 Å². The summed E-state index contributed by atoms with van der Waals surface area (Å²) in [5.41, 5.74) is 2.71. The number of esters is 1. The maximum atomic E-state index is 12.8. The van der Waals surface area contributed by atoms with E-state index >= 15 is 0 Å². The van der Waals surface area contributed by atoms with Crippen LogP contribution in [-0.2, 0) is 9.53 Å². The molecule has 0 aliphatic rings. The fourth-order valence-electron chi connectivity index (χ4n) is 3.23. The molecule has 166 valence electrons. The average Bonchev–Trinajstić information content (AvgIpc) is 2.83. The number of nitrogens with zero attached hydrogens (tertiary/aromatic N) is 1. The third kappa shape index (κ3) is 5.48. The predicted octanol–water partition coefficient (Wildman–Crippen LogP) is 5.30. The van der Waals surface area contributed by atoms with Crippen LogP contribution in [-0.4, -0.2) is 30.1 Å². The number of para-hydroxylation sites is 1. The summed E-state index contributed by atoms with van der Waals surface area (Å²) in [6.45, 7) is -3.46. The van der Waals surface area contributed by atoms with Crippen molar-refractivity contribution in [1.29, 1.82) is 0 Å². The summed E-state index contributed by atoms with van der Waals surface area (Å²) in [6, 6.07) is 23.6. The lowest BCUT2D eigenvalue weighted by Crippen LogP contribution is -2.21. The summed E-state index contributed by atoms with van der Waals surface area (Å²) in [7, 11) is 0. The van der Waals surface area contributed by atoms with E-state index in [0.29, 0.717) is 27.8 Å². The van der Waals surface area contributed by atoms with Gasteiger partial charge in [0.1, 0.15) is 5.75 Å². The normalized spacial score (nSPS) is 10.8. The molecule has 33 heavy (non-hydrogen) atoms. The van der Waals surface area contributed by atoms with Gasteiger partial charge in [-0.25, -0.2) is 9.78 Å². The Kier molecular flexibility index (Phi) is 6.54. The highest BCUT2D eigenvalue weighted by molar-refractivity contribution is 6.05. The van der Waals surface area contributed by atoms with Crippen LogP contribution < -0.4 is 10.1 Å². The standard InChI is InChI=1S/C25H18F2N2O4/c26-25(27)33-18-12-10-17(11-13-18)28-23(30)15-32-24(31)20-14-22(16-6-2-1-3-7-16)29-21-9-5-4-8-19(20)21/h1-14,25H,15H2,(H,28,30). The fraction of sp³-hybridized carbons (Fsp3) is 0.0800. The van der Waals surface area contributed by atoms with Crippen molar-refractivity contribution in [2.75, 3.05) is 11.9 Å². The molecule has 0 saturated heterocycles. The number of fused-ring (bicyclic) bond motifs is 1. The quantitative estimate of drug-likeness (QED) is 0.388. The van der Waals surface area contributed by atoms with E-state index in [0.717, 1.165) is 5.56 Å². The van der Waals surface area contributed by atoms with Gasteiger partial charge in [-0.3, -0.25) is 4.79 Å². The van der Waals surface area contributed by atoms with E-state index < -0.39 is 25.1 Å². The zero-order chi connectivity index (χ0) is 23.2. The first-order valence-corrected chi connectivity index (χ1v) is 9.96. The number of carbonyl (C=O) groups excluding carboxylic acids is 2. The van der Waals surface area contributed by atoms with Gasteiger partial charge in [0.2, 0.25) is 0 Å². The lowest BCUT2D eigenvalue weighted by molar-refractivity contribution is -0.119. The third-order valence-corrected chi connectivity index (χ3v) is 4.70. The van der Waals surface area contributed by atoms with E-state index in [-0.39, 0.29) is 5.75 Å². The van der Waals surface area contributed by atoms with Gasteiger partial charge < -0.3 is 14.8 Å². The summed E-state index contributed by atoms with van der Waals surface area (Å²) in [6.07, 6.45) is 0. The van der Waals surface area contributed by atoms with Crippen molar-refractivity contribution in [2.24, 2.45) is 0 Å². The molecule has 0 fully saturated rings. The number of pyridine rings is 1. The van der Waals surface area contributed by atoms with E-state index in [1.807, 2.05) is 36.4 Å². The lowest BCUT2D eigenvalue weighted by atomic mass is 10.0. The number of alkyl halides is 2. The van der Waals surface area contributed by atoms with Gasteiger partial charge in [-0.05, 0) is 36.4 Å². The molecular formula is C25H18F2N2O4. The Labute approximate surface area is 187 Å². The first-order valence-electron chi connectivity index (χ1n) is 9.96. The van der Waals surface area contributed by atoms with Crippen LogP contribution >= 0.6 is 0 Å². The summed E-state index contributed by atoms with van der Waals surface area (Å²) in [5.74, 6) is -1.28. The molecule has 4 aromatic rings. The molecule has 0 radical (unpaired) electrons. The molecule has 3 aromatic carbocycles. The second-order valence-electron chi connectivity index (χ2n) is 6.97.